The SMILES string of the molecule is CN.Cc1cccc(F)c1F. The van der Waals surface area contributed by atoms with Crippen molar-refractivity contribution in [1.82, 2.24) is 0 Å². The zero-order chi connectivity index (χ0) is 8.85. The van der Waals surface area contributed by atoms with E-state index in [1.165, 1.54) is 26.1 Å². The molecule has 2 N–H and O–H groups in total. The number of hydrogen-bond acceptors (Lipinski definition) is 1. The fraction of sp³-hybridized carbons (Fsp3) is 0.250. The Morgan fingerprint density at radius 2 is 1.73 bits per heavy atom. The molecule has 0 aromatic heterocycles. The van der Waals surface area contributed by atoms with Gasteiger partial charge in [-0.1, -0.05) is 12.1 Å². The third-order valence-electron chi connectivity index (χ3n) is 1.14. The van der Waals surface area contributed by atoms with Gasteiger partial charge in [0.15, 0.2) is 11.6 Å². The van der Waals surface area contributed by atoms with E-state index in [2.05, 4.69) is 5.73 Å². The molecule has 3 heteroatoms. The summed E-state index contributed by atoms with van der Waals surface area (Å²) in [5.41, 5.74) is 4.84. The molecule has 0 unspecified atom stereocenters. The van der Waals surface area contributed by atoms with Gasteiger partial charge in [-0.15, -0.1) is 0 Å². The second-order valence-corrected chi connectivity index (χ2v) is 1.87. The van der Waals surface area contributed by atoms with Gasteiger partial charge in [0.05, 0.1) is 0 Å². The number of hydrogen-bond donors (Lipinski definition) is 1. The van der Waals surface area contributed by atoms with Gasteiger partial charge in [-0.05, 0) is 25.6 Å². The Morgan fingerprint density at radius 1 is 1.18 bits per heavy atom. The van der Waals surface area contributed by atoms with E-state index < -0.39 is 11.6 Å². The molecule has 0 fully saturated rings. The molecule has 0 amide bonds. The van der Waals surface area contributed by atoms with Crippen molar-refractivity contribution in [2.75, 3.05) is 7.05 Å². The highest BCUT2D eigenvalue weighted by Gasteiger charge is 2.00. The van der Waals surface area contributed by atoms with E-state index in [9.17, 15) is 8.78 Å². The largest absolute Gasteiger partial charge is 0.333 e. The molecule has 0 saturated carbocycles. The van der Waals surface area contributed by atoms with Crippen LogP contribution >= 0.6 is 0 Å². The summed E-state index contributed by atoms with van der Waals surface area (Å²) in [4.78, 5) is 0. The first-order valence-corrected chi connectivity index (χ1v) is 3.20. The van der Waals surface area contributed by atoms with Gasteiger partial charge >= 0.3 is 0 Å². The Labute approximate surface area is 64.8 Å². The molecule has 0 aliphatic rings. The van der Waals surface area contributed by atoms with E-state index in [0.29, 0.717) is 5.56 Å². The average Bonchev–Trinajstić information content (AvgIpc) is 2.04. The van der Waals surface area contributed by atoms with E-state index in [1.54, 1.807) is 0 Å². The molecule has 1 rings (SSSR count). The molecule has 0 radical (unpaired) electrons. The molecular weight excluding hydrogens is 148 g/mol. The summed E-state index contributed by atoms with van der Waals surface area (Å²) in [6, 6.07) is 4.11. The molecule has 0 atom stereocenters. The van der Waals surface area contributed by atoms with Crippen LogP contribution in [0.4, 0.5) is 8.78 Å². The highest BCUT2D eigenvalue weighted by Crippen LogP contribution is 2.08. The minimum atomic E-state index is -0.782. The van der Waals surface area contributed by atoms with Crippen LogP contribution in [-0.2, 0) is 0 Å². The van der Waals surface area contributed by atoms with Crippen LogP contribution in [0.15, 0.2) is 18.2 Å². The first-order chi connectivity index (χ1) is 5.22. The molecule has 11 heavy (non-hydrogen) atoms. The van der Waals surface area contributed by atoms with Crippen LogP contribution in [0.5, 0.6) is 0 Å². The van der Waals surface area contributed by atoms with E-state index in [0.717, 1.165) is 6.07 Å². The predicted molar refractivity (Wildman–Crippen MR) is 41.2 cm³/mol. The Bertz CT molecular complexity index is 203. The van der Waals surface area contributed by atoms with E-state index in [-0.39, 0.29) is 0 Å². The number of nitrogens with two attached hydrogens (primary N) is 1. The Balaban J connectivity index is 0.000000461. The Kier molecular flexibility index (Phi) is 4.38. The number of benzene rings is 1. The van der Waals surface area contributed by atoms with Crippen molar-refractivity contribution >= 4 is 0 Å². The number of rotatable bonds is 0. The summed E-state index contributed by atoms with van der Waals surface area (Å²) in [6.45, 7) is 1.53. The van der Waals surface area contributed by atoms with Crippen molar-refractivity contribution in [3.05, 3.63) is 35.4 Å². The molecule has 1 nitrogen and oxygen atoms in total. The van der Waals surface area contributed by atoms with Gasteiger partial charge in [0.1, 0.15) is 0 Å². The van der Waals surface area contributed by atoms with Crippen LogP contribution < -0.4 is 5.73 Å². The van der Waals surface area contributed by atoms with Gasteiger partial charge < -0.3 is 5.73 Å². The fourth-order valence-corrected chi connectivity index (χ4v) is 0.612. The van der Waals surface area contributed by atoms with Crippen molar-refractivity contribution in [2.45, 2.75) is 6.92 Å². The van der Waals surface area contributed by atoms with Gasteiger partial charge in [-0.2, -0.15) is 0 Å². The third-order valence-corrected chi connectivity index (χ3v) is 1.14. The highest BCUT2D eigenvalue weighted by atomic mass is 19.2. The van der Waals surface area contributed by atoms with Gasteiger partial charge in [0.25, 0.3) is 0 Å². The van der Waals surface area contributed by atoms with Crippen molar-refractivity contribution in [3.63, 3.8) is 0 Å². The van der Waals surface area contributed by atoms with E-state index >= 15 is 0 Å². The van der Waals surface area contributed by atoms with Crippen LogP contribution in [0.25, 0.3) is 0 Å². The summed E-state index contributed by atoms with van der Waals surface area (Å²) in [7, 11) is 1.50. The molecule has 0 aliphatic carbocycles. The van der Waals surface area contributed by atoms with Crippen LogP contribution in [0.1, 0.15) is 5.56 Å². The van der Waals surface area contributed by atoms with Crippen molar-refractivity contribution in [1.29, 1.82) is 0 Å². The second-order valence-electron chi connectivity index (χ2n) is 1.87. The third kappa shape index (κ3) is 2.63. The molecular formula is C8H11F2N. The first-order valence-electron chi connectivity index (χ1n) is 3.20. The summed E-state index contributed by atoms with van der Waals surface area (Å²) in [5, 5.41) is 0. The predicted octanol–water partition coefficient (Wildman–Crippen LogP) is 1.85. The van der Waals surface area contributed by atoms with Crippen LogP contribution in [-0.4, -0.2) is 7.05 Å². The van der Waals surface area contributed by atoms with E-state index in [4.69, 9.17) is 0 Å². The van der Waals surface area contributed by atoms with Crippen LogP contribution in [0, 0.1) is 18.6 Å². The van der Waals surface area contributed by atoms with Gasteiger partial charge in [0, 0.05) is 0 Å². The second kappa shape index (κ2) is 4.79. The lowest BCUT2D eigenvalue weighted by Gasteiger charge is -1.93. The zero-order valence-electron chi connectivity index (χ0n) is 6.57. The molecule has 0 bridgehead atoms. The minimum Gasteiger partial charge on any atom is -0.333 e. The standard InChI is InChI=1S/C7H6F2.CH5N/c1-5-3-2-4-6(8)7(5)9;1-2/h2-4H,1H3;2H2,1H3. The molecule has 0 aliphatic heterocycles. The summed E-state index contributed by atoms with van der Waals surface area (Å²) >= 11 is 0. The van der Waals surface area contributed by atoms with Gasteiger partial charge in [-0.25, -0.2) is 8.78 Å². The first kappa shape index (κ1) is 10.0. The summed E-state index contributed by atoms with van der Waals surface area (Å²) < 4.78 is 24.6. The summed E-state index contributed by atoms with van der Waals surface area (Å²) in [6.07, 6.45) is 0. The Hall–Kier alpha value is -0.960. The molecule has 0 saturated heterocycles. The fourth-order valence-electron chi connectivity index (χ4n) is 0.612. The highest BCUT2D eigenvalue weighted by molar-refractivity contribution is 5.16. The Morgan fingerprint density at radius 3 is 2.09 bits per heavy atom. The molecule has 62 valence electrons. The maximum absolute atomic E-state index is 12.4. The van der Waals surface area contributed by atoms with Crippen molar-refractivity contribution < 1.29 is 8.78 Å². The van der Waals surface area contributed by atoms with Gasteiger partial charge in [-0.3, -0.25) is 0 Å². The molecule has 1 aromatic carbocycles. The van der Waals surface area contributed by atoms with Crippen LogP contribution in [0.3, 0.4) is 0 Å². The zero-order valence-corrected chi connectivity index (χ0v) is 6.57. The maximum atomic E-state index is 12.4. The quantitative estimate of drug-likeness (QED) is 0.614. The monoisotopic (exact) mass is 159 g/mol. The molecule has 0 spiro atoms. The number of halogens is 2. The van der Waals surface area contributed by atoms with Crippen molar-refractivity contribution in [3.8, 4) is 0 Å². The summed E-state index contributed by atoms with van der Waals surface area (Å²) in [5.74, 6) is -1.53. The normalized spacial score (nSPS) is 8.45. The van der Waals surface area contributed by atoms with Gasteiger partial charge in [0.2, 0.25) is 0 Å². The maximum Gasteiger partial charge on any atom is 0.161 e. The minimum absolute atomic E-state index is 0.343. The van der Waals surface area contributed by atoms with Crippen LogP contribution in [0.2, 0.25) is 0 Å². The average molecular weight is 159 g/mol. The molecule has 0 heterocycles. The number of aryl methyl sites for hydroxylation is 1. The lowest BCUT2D eigenvalue weighted by molar-refractivity contribution is 0.503. The molecule has 1 aromatic rings. The smallest absolute Gasteiger partial charge is 0.161 e. The lowest BCUT2D eigenvalue weighted by atomic mass is 10.2. The van der Waals surface area contributed by atoms with Crippen molar-refractivity contribution in [2.24, 2.45) is 5.73 Å². The topological polar surface area (TPSA) is 26.0 Å². The van der Waals surface area contributed by atoms with E-state index in [1.807, 2.05) is 0 Å². The lowest BCUT2D eigenvalue weighted by Crippen LogP contribution is -1.85.